The summed E-state index contributed by atoms with van der Waals surface area (Å²) < 4.78 is 11.3. The van der Waals surface area contributed by atoms with Gasteiger partial charge in [-0.05, 0) is 12.3 Å². The summed E-state index contributed by atoms with van der Waals surface area (Å²) in [7, 11) is 0. The van der Waals surface area contributed by atoms with Crippen molar-refractivity contribution < 1.29 is 19.1 Å². The molecular formula is C16H21N3O4S. The maximum absolute atomic E-state index is 12.3. The van der Waals surface area contributed by atoms with Crippen molar-refractivity contribution in [3.63, 3.8) is 0 Å². The number of rotatable bonds is 3. The zero-order chi connectivity index (χ0) is 16.6. The van der Waals surface area contributed by atoms with Gasteiger partial charge in [0, 0.05) is 24.9 Å². The summed E-state index contributed by atoms with van der Waals surface area (Å²) in [4.78, 5) is 32.3. The highest BCUT2D eigenvalue weighted by Gasteiger charge is 2.51. The second-order valence-corrected chi connectivity index (χ2v) is 7.52. The highest BCUT2D eigenvalue weighted by atomic mass is 32.1. The van der Waals surface area contributed by atoms with Crippen LogP contribution >= 0.6 is 11.3 Å². The van der Waals surface area contributed by atoms with Gasteiger partial charge in [0.1, 0.15) is 11.3 Å². The largest absolute Gasteiger partial charge is 0.378 e. The third-order valence-electron chi connectivity index (χ3n) is 5.01. The molecule has 3 saturated heterocycles. The Bertz CT molecular complexity index is 609. The van der Waals surface area contributed by atoms with Crippen LogP contribution in [0.4, 0.5) is 0 Å². The molecule has 0 bridgehead atoms. The van der Waals surface area contributed by atoms with Crippen LogP contribution in [0.2, 0.25) is 0 Å². The van der Waals surface area contributed by atoms with E-state index in [2.05, 4.69) is 4.98 Å². The minimum absolute atomic E-state index is 0.0293. The van der Waals surface area contributed by atoms with Gasteiger partial charge in [-0.3, -0.25) is 9.59 Å². The SMILES string of the molecule is O=C(CC1COC2(C1)CN(C(=O)c1cscn1)C2)N1CCOCC1. The van der Waals surface area contributed by atoms with E-state index in [4.69, 9.17) is 9.47 Å². The second-order valence-electron chi connectivity index (χ2n) is 6.80. The van der Waals surface area contributed by atoms with Gasteiger partial charge in [0.05, 0.1) is 38.4 Å². The van der Waals surface area contributed by atoms with Gasteiger partial charge in [-0.1, -0.05) is 0 Å². The lowest BCUT2D eigenvalue weighted by Gasteiger charge is -2.46. The Kier molecular flexibility index (Phi) is 4.28. The zero-order valence-electron chi connectivity index (χ0n) is 13.5. The molecule has 3 aliphatic heterocycles. The summed E-state index contributed by atoms with van der Waals surface area (Å²) in [6.45, 7) is 4.45. The predicted molar refractivity (Wildman–Crippen MR) is 86.8 cm³/mol. The van der Waals surface area contributed by atoms with E-state index in [1.807, 2.05) is 4.90 Å². The highest BCUT2D eigenvalue weighted by Crippen LogP contribution is 2.39. The lowest BCUT2D eigenvalue weighted by molar-refractivity contribution is -0.136. The molecule has 1 aromatic heterocycles. The van der Waals surface area contributed by atoms with Crippen LogP contribution in [-0.4, -0.2) is 78.2 Å². The molecule has 1 unspecified atom stereocenters. The summed E-state index contributed by atoms with van der Waals surface area (Å²) in [6, 6.07) is 0. The molecule has 0 radical (unpaired) electrons. The van der Waals surface area contributed by atoms with E-state index in [9.17, 15) is 9.59 Å². The van der Waals surface area contributed by atoms with E-state index in [1.165, 1.54) is 11.3 Å². The number of ether oxygens (including phenoxy) is 2. The van der Waals surface area contributed by atoms with Crippen molar-refractivity contribution in [1.29, 1.82) is 0 Å². The summed E-state index contributed by atoms with van der Waals surface area (Å²) >= 11 is 1.42. The van der Waals surface area contributed by atoms with E-state index in [0.717, 1.165) is 6.42 Å². The molecule has 8 heteroatoms. The van der Waals surface area contributed by atoms with Gasteiger partial charge in [0.25, 0.3) is 5.91 Å². The standard InChI is InChI=1S/C16H21N3O4S/c20-14(18-1-3-22-4-2-18)5-12-6-16(23-7-12)9-19(10-16)15(21)13-8-24-11-17-13/h8,11-12H,1-7,9-10H2. The third kappa shape index (κ3) is 3.05. The third-order valence-corrected chi connectivity index (χ3v) is 5.60. The molecule has 24 heavy (non-hydrogen) atoms. The number of carbonyl (C=O) groups excluding carboxylic acids is 2. The van der Waals surface area contributed by atoms with Crippen molar-refractivity contribution >= 4 is 23.2 Å². The Morgan fingerprint density at radius 3 is 2.79 bits per heavy atom. The van der Waals surface area contributed by atoms with Gasteiger partial charge in [0.15, 0.2) is 0 Å². The lowest BCUT2D eigenvalue weighted by Crippen LogP contribution is -2.63. The van der Waals surface area contributed by atoms with Gasteiger partial charge < -0.3 is 19.3 Å². The molecule has 3 fully saturated rings. The fourth-order valence-electron chi connectivity index (χ4n) is 3.75. The second kappa shape index (κ2) is 6.42. The van der Waals surface area contributed by atoms with Crippen molar-refractivity contribution in [3.05, 3.63) is 16.6 Å². The highest BCUT2D eigenvalue weighted by molar-refractivity contribution is 7.07. The van der Waals surface area contributed by atoms with Crippen LogP contribution in [-0.2, 0) is 14.3 Å². The van der Waals surface area contributed by atoms with Gasteiger partial charge in [0.2, 0.25) is 5.91 Å². The van der Waals surface area contributed by atoms with Crippen LogP contribution in [0.5, 0.6) is 0 Å². The predicted octanol–water partition coefficient (Wildman–Crippen LogP) is 0.623. The number of carbonyl (C=O) groups is 2. The Morgan fingerprint density at radius 1 is 1.29 bits per heavy atom. The molecule has 7 nitrogen and oxygen atoms in total. The summed E-state index contributed by atoms with van der Waals surface area (Å²) in [6.07, 6.45) is 1.38. The number of amides is 2. The number of thiazole rings is 1. The lowest BCUT2D eigenvalue weighted by atomic mass is 9.85. The van der Waals surface area contributed by atoms with Gasteiger partial charge >= 0.3 is 0 Å². The maximum Gasteiger partial charge on any atom is 0.273 e. The molecule has 0 saturated carbocycles. The van der Waals surface area contributed by atoms with Crippen molar-refractivity contribution in [1.82, 2.24) is 14.8 Å². The first-order chi connectivity index (χ1) is 11.7. The molecule has 4 rings (SSSR count). The smallest absolute Gasteiger partial charge is 0.273 e. The number of nitrogens with zero attached hydrogens (tertiary/aromatic N) is 3. The van der Waals surface area contributed by atoms with Crippen LogP contribution in [0.1, 0.15) is 23.3 Å². The molecule has 2 amide bonds. The minimum atomic E-state index is -0.248. The van der Waals surface area contributed by atoms with Crippen molar-refractivity contribution in [2.75, 3.05) is 46.0 Å². The Balaban J connectivity index is 1.27. The number of likely N-dealkylation sites (tertiary alicyclic amines) is 1. The van der Waals surface area contributed by atoms with Crippen molar-refractivity contribution in [3.8, 4) is 0 Å². The number of hydrogen-bond acceptors (Lipinski definition) is 6. The quantitative estimate of drug-likeness (QED) is 0.798. The first kappa shape index (κ1) is 16.0. The maximum atomic E-state index is 12.3. The average Bonchev–Trinajstić information content (AvgIpc) is 3.23. The van der Waals surface area contributed by atoms with Gasteiger partial charge in [-0.25, -0.2) is 4.98 Å². The van der Waals surface area contributed by atoms with E-state index >= 15 is 0 Å². The number of morpholine rings is 1. The van der Waals surface area contributed by atoms with Gasteiger partial charge in [-0.15, -0.1) is 11.3 Å². The molecule has 0 aromatic carbocycles. The van der Waals surface area contributed by atoms with E-state index in [-0.39, 0.29) is 23.3 Å². The van der Waals surface area contributed by atoms with Crippen molar-refractivity contribution in [2.45, 2.75) is 18.4 Å². The van der Waals surface area contributed by atoms with E-state index in [1.54, 1.807) is 15.8 Å². The molecule has 1 atom stereocenters. The van der Waals surface area contributed by atoms with Crippen LogP contribution in [0, 0.1) is 5.92 Å². The Labute approximate surface area is 144 Å². The summed E-state index contributed by atoms with van der Waals surface area (Å²) in [5, 5.41) is 1.77. The summed E-state index contributed by atoms with van der Waals surface area (Å²) in [5.74, 6) is 0.411. The van der Waals surface area contributed by atoms with Crippen molar-refractivity contribution in [2.24, 2.45) is 5.92 Å². The molecule has 0 aliphatic carbocycles. The molecule has 0 N–H and O–H groups in total. The number of aromatic nitrogens is 1. The first-order valence-corrected chi connectivity index (χ1v) is 9.26. The molecular weight excluding hydrogens is 330 g/mol. The van der Waals surface area contributed by atoms with Crippen LogP contribution in [0.3, 0.4) is 0 Å². The normalized spacial score (nSPS) is 25.8. The van der Waals surface area contributed by atoms with Crippen LogP contribution < -0.4 is 0 Å². The molecule has 1 spiro atoms. The van der Waals surface area contributed by atoms with Gasteiger partial charge in [-0.2, -0.15) is 0 Å². The molecule has 4 heterocycles. The fraction of sp³-hybridized carbons (Fsp3) is 0.688. The molecule has 130 valence electrons. The summed E-state index contributed by atoms with van der Waals surface area (Å²) in [5.41, 5.74) is 1.93. The topological polar surface area (TPSA) is 72.0 Å². The van der Waals surface area contributed by atoms with Crippen LogP contribution in [0.25, 0.3) is 0 Å². The Morgan fingerprint density at radius 2 is 2.08 bits per heavy atom. The minimum Gasteiger partial charge on any atom is -0.378 e. The molecule has 1 aromatic rings. The van der Waals surface area contributed by atoms with Crippen LogP contribution in [0.15, 0.2) is 10.9 Å². The van der Waals surface area contributed by atoms with E-state index in [0.29, 0.717) is 58.1 Å². The monoisotopic (exact) mass is 351 g/mol. The Hall–Kier alpha value is -1.51. The first-order valence-electron chi connectivity index (χ1n) is 8.32. The molecule has 3 aliphatic rings. The number of hydrogen-bond donors (Lipinski definition) is 0. The zero-order valence-corrected chi connectivity index (χ0v) is 14.3. The average molecular weight is 351 g/mol. The fourth-order valence-corrected chi connectivity index (χ4v) is 4.28. The van der Waals surface area contributed by atoms with E-state index < -0.39 is 0 Å².